The summed E-state index contributed by atoms with van der Waals surface area (Å²) in [6, 6.07) is 13.6. The van der Waals surface area contributed by atoms with Crippen molar-refractivity contribution < 1.29 is 9.53 Å². The molecular formula is C21H17N5O2. The molecule has 7 nitrogen and oxygen atoms in total. The molecule has 2 aromatic carbocycles. The third kappa shape index (κ3) is 3.01. The van der Waals surface area contributed by atoms with Gasteiger partial charge >= 0.3 is 0 Å². The highest BCUT2D eigenvalue weighted by atomic mass is 16.5. The maximum absolute atomic E-state index is 12.5. The zero-order chi connectivity index (χ0) is 19.7. The summed E-state index contributed by atoms with van der Waals surface area (Å²) in [6.45, 7) is 0. The van der Waals surface area contributed by atoms with Crippen molar-refractivity contribution in [1.82, 2.24) is 15.1 Å². The second-order valence-electron chi connectivity index (χ2n) is 6.40. The van der Waals surface area contributed by atoms with Crippen molar-refractivity contribution in [2.24, 2.45) is 12.0 Å². The maximum Gasteiger partial charge on any atom is 0.259 e. The van der Waals surface area contributed by atoms with Crippen LogP contribution in [0.5, 0.6) is 5.75 Å². The van der Waals surface area contributed by atoms with Crippen molar-refractivity contribution in [3.8, 4) is 22.9 Å². The second kappa shape index (κ2) is 7.00. The van der Waals surface area contributed by atoms with Crippen LogP contribution in [0.1, 0.15) is 21.5 Å². The first-order chi connectivity index (χ1) is 13.6. The Labute approximate surface area is 161 Å². The molecule has 28 heavy (non-hydrogen) atoms. The molecule has 3 aromatic rings. The number of hydrogen-bond donors (Lipinski definition) is 1. The van der Waals surface area contributed by atoms with E-state index in [0.717, 1.165) is 16.7 Å². The predicted octanol–water partition coefficient (Wildman–Crippen LogP) is 2.98. The number of hydrogen-bond acceptors (Lipinski definition) is 5. The SMILES string of the molecule is COc1cc(C#N)c(-c2ccccc2)c2c1CC(NC(=O)c1cnn(C)c1)=N2. The van der Waals surface area contributed by atoms with E-state index in [-0.39, 0.29) is 5.91 Å². The fourth-order valence-electron chi connectivity index (χ4n) is 3.30. The molecule has 1 aromatic heterocycles. The van der Waals surface area contributed by atoms with Crippen LogP contribution in [0.3, 0.4) is 0 Å². The molecular weight excluding hydrogens is 354 g/mol. The number of aliphatic imine (C=N–C) groups is 1. The molecule has 4 rings (SSSR count). The number of ether oxygens (including phenoxy) is 1. The van der Waals surface area contributed by atoms with Gasteiger partial charge in [0.25, 0.3) is 5.91 Å². The fourth-order valence-corrected chi connectivity index (χ4v) is 3.30. The summed E-state index contributed by atoms with van der Waals surface area (Å²) in [4.78, 5) is 17.1. The van der Waals surface area contributed by atoms with Gasteiger partial charge in [-0.1, -0.05) is 30.3 Å². The molecule has 0 spiro atoms. The Kier molecular flexibility index (Phi) is 4.38. The lowest BCUT2D eigenvalue weighted by molar-refractivity contribution is 0.0976. The van der Waals surface area contributed by atoms with Gasteiger partial charge in [-0.3, -0.25) is 9.48 Å². The Bertz CT molecular complexity index is 1140. The molecule has 0 bridgehead atoms. The number of aryl methyl sites for hydroxylation is 1. The first-order valence-electron chi connectivity index (χ1n) is 8.67. The van der Waals surface area contributed by atoms with E-state index in [4.69, 9.17) is 4.74 Å². The van der Waals surface area contributed by atoms with E-state index in [1.54, 1.807) is 31.1 Å². The lowest BCUT2D eigenvalue weighted by atomic mass is 9.94. The number of nitriles is 1. The number of amidine groups is 1. The summed E-state index contributed by atoms with van der Waals surface area (Å²) in [6.07, 6.45) is 3.56. The molecule has 1 N–H and O–H groups in total. The minimum Gasteiger partial charge on any atom is -0.496 e. The highest BCUT2D eigenvalue weighted by Gasteiger charge is 2.27. The van der Waals surface area contributed by atoms with Gasteiger partial charge in [-0.15, -0.1) is 0 Å². The molecule has 0 saturated carbocycles. The van der Waals surface area contributed by atoms with E-state index in [2.05, 4.69) is 21.5 Å². The van der Waals surface area contributed by atoms with Crippen LogP contribution in [0.4, 0.5) is 5.69 Å². The van der Waals surface area contributed by atoms with Crippen molar-refractivity contribution in [3.05, 3.63) is 65.5 Å². The highest BCUT2D eigenvalue weighted by Crippen LogP contribution is 2.44. The van der Waals surface area contributed by atoms with E-state index in [0.29, 0.717) is 34.8 Å². The number of methoxy groups -OCH3 is 1. The van der Waals surface area contributed by atoms with Crippen LogP contribution in [-0.4, -0.2) is 28.6 Å². The average molecular weight is 371 g/mol. The van der Waals surface area contributed by atoms with Crippen molar-refractivity contribution in [2.45, 2.75) is 6.42 Å². The van der Waals surface area contributed by atoms with Crippen LogP contribution in [0, 0.1) is 11.3 Å². The quantitative estimate of drug-likeness (QED) is 0.766. The van der Waals surface area contributed by atoms with Gasteiger partial charge in [0.1, 0.15) is 11.6 Å². The molecule has 0 aliphatic carbocycles. The van der Waals surface area contributed by atoms with Gasteiger partial charge in [0.05, 0.1) is 36.2 Å². The largest absolute Gasteiger partial charge is 0.496 e. The molecule has 7 heteroatoms. The maximum atomic E-state index is 12.5. The number of fused-ring (bicyclic) bond motifs is 1. The summed E-state index contributed by atoms with van der Waals surface area (Å²) in [5.74, 6) is 0.815. The van der Waals surface area contributed by atoms with E-state index in [1.807, 2.05) is 30.3 Å². The smallest absolute Gasteiger partial charge is 0.259 e. The number of benzene rings is 2. The average Bonchev–Trinajstić information content (AvgIpc) is 3.33. The Balaban J connectivity index is 1.77. The van der Waals surface area contributed by atoms with Crippen LogP contribution < -0.4 is 10.1 Å². The van der Waals surface area contributed by atoms with E-state index in [1.165, 1.54) is 6.20 Å². The third-order valence-electron chi connectivity index (χ3n) is 4.58. The molecule has 0 unspecified atom stereocenters. The predicted molar refractivity (Wildman–Crippen MR) is 105 cm³/mol. The number of amides is 1. The Hall–Kier alpha value is -3.92. The van der Waals surface area contributed by atoms with Crippen molar-refractivity contribution in [2.75, 3.05) is 7.11 Å². The van der Waals surface area contributed by atoms with Gasteiger partial charge in [0.15, 0.2) is 0 Å². The van der Waals surface area contributed by atoms with Crippen molar-refractivity contribution in [1.29, 1.82) is 5.26 Å². The van der Waals surface area contributed by atoms with E-state index >= 15 is 0 Å². The van der Waals surface area contributed by atoms with E-state index < -0.39 is 0 Å². The number of nitrogens with zero attached hydrogens (tertiary/aromatic N) is 4. The van der Waals surface area contributed by atoms with Crippen molar-refractivity contribution in [3.63, 3.8) is 0 Å². The second-order valence-corrected chi connectivity index (χ2v) is 6.40. The highest BCUT2D eigenvalue weighted by molar-refractivity contribution is 6.10. The fraction of sp³-hybridized carbons (Fsp3) is 0.143. The van der Waals surface area contributed by atoms with Gasteiger partial charge in [0.2, 0.25) is 0 Å². The molecule has 138 valence electrons. The number of carbonyl (C=O) groups is 1. The number of rotatable bonds is 3. The minimum atomic E-state index is -0.277. The normalized spacial score (nSPS) is 12.1. The molecule has 0 atom stereocenters. The van der Waals surface area contributed by atoms with Crippen LogP contribution in [0.15, 0.2) is 53.8 Å². The summed E-state index contributed by atoms with van der Waals surface area (Å²) in [5, 5.41) is 16.5. The van der Waals surface area contributed by atoms with Gasteiger partial charge in [-0.2, -0.15) is 10.4 Å². The van der Waals surface area contributed by atoms with Crippen molar-refractivity contribution >= 4 is 17.4 Å². The summed E-state index contributed by atoms with van der Waals surface area (Å²) in [5.41, 5.74) is 4.07. The lowest BCUT2D eigenvalue weighted by Crippen LogP contribution is -2.30. The number of nitrogens with one attached hydrogen (secondary N) is 1. The lowest BCUT2D eigenvalue weighted by Gasteiger charge is -2.13. The zero-order valence-corrected chi connectivity index (χ0v) is 15.4. The summed E-state index contributed by atoms with van der Waals surface area (Å²) in [7, 11) is 3.31. The Morgan fingerprint density at radius 3 is 2.75 bits per heavy atom. The molecule has 1 aliphatic heterocycles. The number of carbonyl (C=O) groups excluding carboxylic acids is 1. The molecule has 1 amide bonds. The van der Waals surface area contributed by atoms with Crippen LogP contribution >= 0.6 is 0 Å². The third-order valence-corrected chi connectivity index (χ3v) is 4.58. The van der Waals surface area contributed by atoms with E-state index in [9.17, 15) is 10.1 Å². The molecule has 1 aliphatic rings. The van der Waals surface area contributed by atoms with Gasteiger partial charge in [0, 0.05) is 30.8 Å². The molecule has 0 saturated heterocycles. The summed E-state index contributed by atoms with van der Waals surface area (Å²) >= 11 is 0. The number of aromatic nitrogens is 2. The first-order valence-corrected chi connectivity index (χ1v) is 8.67. The van der Waals surface area contributed by atoms with Gasteiger partial charge in [-0.25, -0.2) is 4.99 Å². The Morgan fingerprint density at radius 1 is 1.32 bits per heavy atom. The minimum absolute atomic E-state index is 0.277. The summed E-state index contributed by atoms with van der Waals surface area (Å²) < 4.78 is 7.05. The van der Waals surface area contributed by atoms with Gasteiger partial charge < -0.3 is 10.1 Å². The monoisotopic (exact) mass is 371 g/mol. The van der Waals surface area contributed by atoms with Crippen LogP contribution in [0.25, 0.3) is 11.1 Å². The van der Waals surface area contributed by atoms with Gasteiger partial charge in [-0.05, 0) is 11.6 Å². The Morgan fingerprint density at radius 2 is 2.11 bits per heavy atom. The first kappa shape index (κ1) is 17.5. The molecule has 0 radical (unpaired) electrons. The van der Waals surface area contributed by atoms with Crippen LogP contribution in [0.2, 0.25) is 0 Å². The topological polar surface area (TPSA) is 92.3 Å². The standard InChI is InChI=1S/C21H17N5O2/c1-26-12-15(11-23-26)21(27)25-18-9-16-17(28-2)8-14(10-22)19(20(16)24-18)13-6-4-3-5-7-13/h3-8,11-12H,9H2,1-2H3,(H,24,25,27). The molecule has 2 heterocycles. The van der Waals surface area contributed by atoms with Crippen LogP contribution in [-0.2, 0) is 13.5 Å². The molecule has 0 fully saturated rings. The zero-order valence-electron chi connectivity index (χ0n) is 15.4.